The van der Waals surface area contributed by atoms with Gasteiger partial charge >= 0.3 is 0 Å². The average molecular weight is 340 g/mol. The van der Waals surface area contributed by atoms with E-state index in [2.05, 4.69) is 27.4 Å². The molecule has 0 bridgehead atoms. The third kappa shape index (κ3) is 4.02. The number of aryl methyl sites for hydroxylation is 1. The van der Waals surface area contributed by atoms with Crippen molar-refractivity contribution in [1.29, 1.82) is 0 Å². The highest BCUT2D eigenvalue weighted by atomic mass is 32.1. The molecule has 3 aromatic rings. The zero-order valence-electron chi connectivity index (χ0n) is 13.2. The van der Waals surface area contributed by atoms with Gasteiger partial charge in [0.15, 0.2) is 0 Å². The van der Waals surface area contributed by atoms with Gasteiger partial charge in [-0.05, 0) is 42.8 Å². The second kappa shape index (κ2) is 7.79. The van der Waals surface area contributed by atoms with Crippen LogP contribution in [0, 0.1) is 5.82 Å². The summed E-state index contributed by atoms with van der Waals surface area (Å²) in [6, 6.07) is 12.1. The van der Waals surface area contributed by atoms with Crippen molar-refractivity contribution in [1.82, 2.24) is 9.97 Å². The van der Waals surface area contributed by atoms with Crippen LogP contribution in [0.1, 0.15) is 23.9 Å². The lowest BCUT2D eigenvalue weighted by Crippen LogP contribution is -1.91. The Bertz CT molecular complexity index is 813. The number of nitrogens with zero attached hydrogens (tertiary/aromatic N) is 3. The molecular weight excluding hydrogens is 323 g/mol. The summed E-state index contributed by atoms with van der Waals surface area (Å²) in [6.07, 6.45) is 5.32. The van der Waals surface area contributed by atoms with Gasteiger partial charge in [0, 0.05) is 16.6 Å². The predicted molar refractivity (Wildman–Crippen MR) is 97.0 cm³/mol. The van der Waals surface area contributed by atoms with Crippen LogP contribution in [0.15, 0.2) is 53.8 Å². The molecule has 0 atom stereocenters. The van der Waals surface area contributed by atoms with Crippen LogP contribution in [0.25, 0.3) is 11.3 Å². The molecule has 0 unspecified atom stereocenters. The maximum atomic E-state index is 13.1. The molecule has 122 valence electrons. The Kier molecular flexibility index (Phi) is 5.28. The summed E-state index contributed by atoms with van der Waals surface area (Å²) in [6.45, 7) is 2.13. The summed E-state index contributed by atoms with van der Waals surface area (Å²) in [5.41, 5.74) is 5.53. The Labute approximate surface area is 144 Å². The van der Waals surface area contributed by atoms with Gasteiger partial charge in [0.2, 0.25) is 5.13 Å². The second-order valence-corrected chi connectivity index (χ2v) is 6.26. The summed E-state index contributed by atoms with van der Waals surface area (Å²) in [5.74, 6) is -0.246. The number of hydrogen-bond acceptors (Lipinski definition) is 5. The van der Waals surface area contributed by atoms with E-state index in [0.29, 0.717) is 5.13 Å². The molecule has 0 fully saturated rings. The van der Waals surface area contributed by atoms with Crippen LogP contribution in [0.5, 0.6) is 0 Å². The molecule has 6 heteroatoms. The van der Waals surface area contributed by atoms with Gasteiger partial charge in [-0.25, -0.2) is 9.37 Å². The Hall–Kier alpha value is -2.60. The molecule has 0 radical (unpaired) electrons. The molecule has 2 aromatic heterocycles. The highest BCUT2D eigenvalue weighted by Gasteiger charge is 2.12. The van der Waals surface area contributed by atoms with Crippen molar-refractivity contribution < 1.29 is 4.39 Å². The molecule has 0 aliphatic carbocycles. The van der Waals surface area contributed by atoms with Crippen molar-refractivity contribution in [3.8, 4) is 11.3 Å². The highest BCUT2D eigenvalue weighted by Crippen LogP contribution is 2.32. The average Bonchev–Trinajstić information content (AvgIpc) is 3.00. The van der Waals surface area contributed by atoms with Crippen molar-refractivity contribution in [2.75, 3.05) is 5.43 Å². The van der Waals surface area contributed by atoms with Crippen LogP contribution in [0.3, 0.4) is 0 Å². The summed E-state index contributed by atoms with van der Waals surface area (Å²) in [5, 5.41) is 4.90. The van der Waals surface area contributed by atoms with Gasteiger partial charge in [-0.1, -0.05) is 30.7 Å². The van der Waals surface area contributed by atoms with Gasteiger partial charge in [-0.15, -0.1) is 0 Å². The molecule has 0 spiro atoms. The smallest absolute Gasteiger partial charge is 0.204 e. The quantitative estimate of drug-likeness (QED) is 0.521. The van der Waals surface area contributed by atoms with Gasteiger partial charge in [-0.3, -0.25) is 10.4 Å². The van der Waals surface area contributed by atoms with Crippen LogP contribution < -0.4 is 5.43 Å². The number of benzene rings is 1. The Balaban J connectivity index is 1.80. The minimum absolute atomic E-state index is 0.246. The minimum atomic E-state index is -0.246. The fourth-order valence-corrected chi connectivity index (χ4v) is 3.27. The van der Waals surface area contributed by atoms with Crippen molar-refractivity contribution in [3.63, 3.8) is 0 Å². The Morgan fingerprint density at radius 3 is 2.75 bits per heavy atom. The van der Waals surface area contributed by atoms with Crippen molar-refractivity contribution >= 4 is 22.7 Å². The molecule has 3 rings (SSSR count). The molecule has 0 aliphatic heterocycles. The van der Waals surface area contributed by atoms with Gasteiger partial charge < -0.3 is 0 Å². The topological polar surface area (TPSA) is 50.2 Å². The van der Waals surface area contributed by atoms with E-state index in [0.717, 1.165) is 29.8 Å². The van der Waals surface area contributed by atoms with Crippen molar-refractivity contribution in [2.24, 2.45) is 5.10 Å². The molecule has 4 nitrogen and oxygen atoms in total. The van der Waals surface area contributed by atoms with E-state index in [9.17, 15) is 4.39 Å². The lowest BCUT2D eigenvalue weighted by molar-refractivity contribution is 0.628. The third-order valence-corrected chi connectivity index (χ3v) is 4.36. The van der Waals surface area contributed by atoms with E-state index in [-0.39, 0.29) is 5.82 Å². The SMILES string of the molecule is CCCc1sc(N/N=C\c2ccccn2)nc1-c1ccc(F)cc1. The summed E-state index contributed by atoms with van der Waals surface area (Å²) in [4.78, 5) is 9.95. The van der Waals surface area contributed by atoms with Crippen LogP contribution >= 0.6 is 11.3 Å². The number of aromatic nitrogens is 2. The molecular formula is C18H17FN4S. The van der Waals surface area contributed by atoms with E-state index < -0.39 is 0 Å². The van der Waals surface area contributed by atoms with E-state index in [1.165, 1.54) is 17.0 Å². The third-order valence-electron chi connectivity index (χ3n) is 3.34. The van der Waals surface area contributed by atoms with E-state index in [1.54, 1.807) is 35.9 Å². The standard InChI is InChI=1S/C18H17FN4S/c1-2-5-16-17(13-7-9-14(19)10-8-13)22-18(24-16)23-21-12-15-6-3-4-11-20-15/h3-4,6-12H,2,5H2,1H3,(H,22,23)/b21-12-. The van der Waals surface area contributed by atoms with E-state index in [4.69, 9.17) is 0 Å². The molecule has 1 aromatic carbocycles. The lowest BCUT2D eigenvalue weighted by atomic mass is 10.1. The molecule has 0 amide bonds. The van der Waals surface area contributed by atoms with E-state index in [1.807, 2.05) is 18.2 Å². The normalized spacial score (nSPS) is 11.1. The van der Waals surface area contributed by atoms with Gasteiger partial charge in [0.25, 0.3) is 0 Å². The first-order chi connectivity index (χ1) is 11.8. The zero-order chi connectivity index (χ0) is 16.8. The van der Waals surface area contributed by atoms with Gasteiger partial charge in [-0.2, -0.15) is 5.10 Å². The molecule has 0 saturated heterocycles. The highest BCUT2D eigenvalue weighted by molar-refractivity contribution is 7.16. The largest absolute Gasteiger partial charge is 0.255 e. The lowest BCUT2D eigenvalue weighted by Gasteiger charge is -2.00. The maximum absolute atomic E-state index is 13.1. The first-order valence-corrected chi connectivity index (χ1v) is 8.53. The fourth-order valence-electron chi connectivity index (χ4n) is 2.24. The second-order valence-electron chi connectivity index (χ2n) is 5.17. The van der Waals surface area contributed by atoms with Crippen LogP contribution in [-0.4, -0.2) is 16.2 Å². The minimum Gasteiger partial charge on any atom is -0.255 e. The van der Waals surface area contributed by atoms with Gasteiger partial charge in [0.05, 0.1) is 17.6 Å². The zero-order valence-corrected chi connectivity index (χ0v) is 14.1. The Morgan fingerprint density at radius 1 is 1.21 bits per heavy atom. The maximum Gasteiger partial charge on any atom is 0.204 e. The summed E-state index contributed by atoms with van der Waals surface area (Å²) in [7, 11) is 0. The van der Waals surface area contributed by atoms with Crippen LogP contribution in [-0.2, 0) is 6.42 Å². The Morgan fingerprint density at radius 2 is 2.04 bits per heavy atom. The number of hydrazone groups is 1. The monoisotopic (exact) mass is 340 g/mol. The number of hydrogen-bond donors (Lipinski definition) is 1. The first-order valence-electron chi connectivity index (χ1n) is 7.72. The number of rotatable bonds is 6. The first kappa shape index (κ1) is 16.3. The van der Waals surface area contributed by atoms with E-state index >= 15 is 0 Å². The molecule has 0 saturated carbocycles. The van der Waals surface area contributed by atoms with Gasteiger partial charge in [0.1, 0.15) is 5.82 Å². The number of anilines is 1. The number of thiazole rings is 1. The fraction of sp³-hybridized carbons (Fsp3) is 0.167. The summed E-state index contributed by atoms with van der Waals surface area (Å²) < 4.78 is 13.1. The predicted octanol–water partition coefficient (Wildman–Crippen LogP) is 4.74. The number of pyridine rings is 1. The molecule has 24 heavy (non-hydrogen) atoms. The summed E-state index contributed by atoms with van der Waals surface area (Å²) >= 11 is 1.57. The van der Waals surface area contributed by atoms with Crippen LogP contribution in [0.4, 0.5) is 9.52 Å². The molecule has 2 heterocycles. The molecule has 1 N–H and O–H groups in total. The van der Waals surface area contributed by atoms with Crippen molar-refractivity contribution in [2.45, 2.75) is 19.8 Å². The van der Waals surface area contributed by atoms with Crippen molar-refractivity contribution in [3.05, 3.63) is 65.0 Å². The molecule has 0 aliphatic rings. The number of nitrogens with one attached hydrogen (secondary N) is 1. The number of halogens is 1. The van der Waals surface area contributed by atoms with Crippen LogP contribution in [0.2, 0.25) is 0 Å².